The van der Waals surface area contributed by atoms with E-state index in [4.69, 9.17) is 0 Å². The van der Waals surface area contributed by atoms with Crippen LogP contribution in [-0.4, -0.2) is 27.5 Å². The van der Waals surface area contributed by atoms with Crippen molar-refractivity contribution in [2.24, 2.45) is 0 Å². The molecule has 0 saturated carbocycles. The monoisotopic (exact) mass is 341 g/mol. The molecular weight excluding hydrogens is 321 g/mol. The molecule has 1 N–H and O–H groups in total. The number of benzene rings is 2. The molecule has 5 nitrogen and oxygen atoms in total. The van der Waals surface area contributed by atoms with Crippen molar-refractivity contribution in [3.8, 4) is 0 Å². The number of nitrogens with zero attached hydrogens (tertiary/aromatic N) is 2. The zero-order chi connectivity index (χ0) is 17.8. The van der Waals surface area contributed by atoms with E-state index in [9.17, 15) is 14.0 Å². The van der Waals surface area contributed by atoms with E-state index >= 15 is 0 Å². The maximum absolute atomic E-state index is 13.3. The fourth-order valence-corrected chi connectivity index (χ4v) is 2.89. The first-order valence-electron chi connectivity index (χ1n) is 8.27. The lowest BCUT2D eigenvalue weighted by molar-refractivity contribution is 0.265. The highest BCUT2D eigenvalue weighted by Crippen LogP contribution is 2.07. The van der Waals surface area contributed by atoms with Gasteiger partial charge in [-0.15, -0.1) is 0 Å². The van der Waals surface area contributed by atoms with Gasteiger partial charge < -0.3 is 4.98 Å². The molecule has 1 heterocycles. The van der Waals surface area contributed by atoms with E-state index in [1.807, 2.05) is 13.0 Å². The molecule has 0 aliphatic carbocycles. The molecule has 0 saturated heterocycles. The molecule has 130 valence electrons. The summed E-state index contributed by atoms with van der Waals surface area (Å²) in [6, 6.07) is 13.4. The fraction of sp³-hybridized carbons (Fsp3) is 0.263. The molecule has 25 heavy (non-hydrogen) atoms. The van der Waals surface area contributed by atoms with Crippen molar-refractivity contribution < 1.29 is 4.39 Å². The number of hydrogen-bond donors (Lipinski definition) is 1. The van der Waals surface area contributed by atoms with Crippen molar-refractivity contribution in [3.05, 3.63) is 80.7 Å². The lowest BCUT2D eigenvalue weighted by atomic mass is 10.2. The summed E-state index contributed by atoms with van der Waals surface area (Å²) < 4.78 is 14.5. The van der Waals surface area contributed by atoms with Crippen LogP contribution in [0.2, 0.25) is 0 Å². The average molecular weight is 341 g/mol. The molecule has 2 aromatic carbocycles. The molecule has 0 spiro atoms. The molecule has 0 aliphatic rings. The Balaban J connectivity index is 1.79. The molecule has 0 fully saturated rings. The number of hydrogen-bond acceptors (Lipinski definition) is 3. The van der Waals surface area contributed by atoms with Crippen LogP contribution in [0.25, 0.3) is 10.9 Å². The van der Waals surface area contributed by atoms with Crippen molar-refractivity contribution in [2.45, 2.75) is 20.0 Å². The van der Waals surface area contributed by atoms with Gasteiger partial charge in [0.05, 0.1) is 10.9 Å². The molecule has 0 aliphatic heterocycles. The van der Waals surface area contributed by atoms with Gasteiger partial charge in [-0.3, -0.25) is 14.3 Å². The highest BCUT2D eigenvalue weighted by atomic mass is 19.1. The summed E-state index contributed by atoms with van der Waals surface area (Å²) in [6.07, 6.45) is 0. The average Bonchev–Trinajstić information content (AvgIpc) is 2.60. The largest absolute Gasteiger partial charge is 0.328 e. The molecule has 0 bridgehead atoms. The van der Waals surface area contributed by atoms with Crippen LogP contribution in [0.1, 0.15) is 12.5 Å². The van der Waals surface area contributed by atoms with Gasteiger partial charge in [-0.1, -0.05) is 31.2 Å². The molecule has 3 rings (SSSR count). The molecule has 0 amide bonds. The maximum Gasteiger partial charge on any atom is 0.328 e. The minimum Gasteiger partial charge on any atom is -0.307 e. The summed E-state index contributed by atoms with van der Waals surface area (Å²) in [5.74, 6) is -0.268. The molecule has 3 aromatic rings. The van der Waals surface area contributed by atoms with Crippen molar-refractivity contribution in [1.29, 1.82) is 0 Å². The second-order valence-electron chi connectivity index (χ2n) is 5.93. The Hall–Kier alpha value is -2.73. The molecule has 0 unspecified atom stereocenters. The van der Waals surface area contributed by atoms with Gasteiger partial charge >= 0.3 is 5.69 Å². The molecular formula is C19H20FN3O2. The van der Waals surface area contributed by atoms with Crippen LogP contribution in [0.3, 0.4) is 0 Å². The van der Waals surface area contributed by atoms with E-state index in [-0.39, 0.29) is 17.9 Å². The number of aromatic nitrogens is 2. The third kappa shape index (κ3) is 3.85. The van der Waals surface area contributed by atoms with E-state index in [1.54, 1.807) is 30.3 Å². The topological polar surface area (TPSA) is 58.1 Å². The third-order valence-corrected chi connectivity index (χ3v) is 4.27. The molecule has 0 radical (unpaired) electrons. The smallest absolute Gasteiger partial charge is 0.307 e. The first kappa shape index (κ1) is 17.1. The highest BCUT2D eigenvalue weighted by Gasteiger charge is 2.10. The third-order valence-electron chi connectivity index (χ3n) is 4.27. The highest BCUT2D eigenvalue weighted by molar-refractivity contribution is 5.76. The number of H-pyrrole nitrogens is 1. The van der Waals surface area contributed by atoms with Crippen molar-refractivity contribution in [1.82, 2.24) is 14.5 Å². The van der Waals surface area contributed by atoms with Crippen LogP contribution in [0.15, 0.2) is 58.1 Å². The Bertz CT molecular complexity index is 994. The second kappa shape index (κ2) is 7.44. The van der Waals surface area contributed by atoms with Gasteiger partial charge in [-0.2, -0.15) is 0 Å². The fourth-order valence-electron chi connectivity index (χ4n) is 2.89. The summed E-state index contributed by atoms with van der Waals surface area (Å²) in [5, 5.41) is 0.496. The maximum atomic E-state index is 13.3. The van der Waals surface area contributed by atoms with E-state index in [0.29, 0.717) is 24.0 Å². The first-order chi connectivity index (χ1) is 12.1. The van der Waals surface area contributed by atoms with Gasteiger partial charge in [0.1, 0.15) is 5.82 Å². The molecule has 1 aromatic heterocycles. The number of fused-ring (bicyclic) bond motifs is 1. The van der Waals surface area contributed by atoms with Gasteiger partial charge in [0.15, 0.2) is 0 Å². The van der Waals surface area contributed by atoms with Gasteiger partial charge in [0, 0.05) is 19.6 Å². The number of halogens is 1. The standard InChI is InChI=1S/C19H20FN3O2/c1-2-22(13-14-6-5-7-15(20)12-14)10-11-23-18(24)16-8-3-4-9-17(16)21-19(23)25/h3-9,12H,2,10-11,13H2,1H3,(H,21,25). The normalized spacial score (nSPS) is 11.3. The molecule has 6 heteroatoms. The van der Waals surface area contributed by atoms with E-state index in [2.05, 4.69) is 9.88 Å². The van der Waals surface area contributed by atoms with Crippen LogP contribution in [0, 0.1) is 5.82 Å². The van der Waals surface area contributed by atoms with Crippen molar-refractivity contribution >= 4 is 10.9 Å². The van der Waals surface area contributed by atoms with Gasteiger partial charge in [-0.25, -0.2) is 9.18 Å². The summed E-state index contributed by atoms with van der Waals surface area (Å²) in [4.78, 5) is 29.5. The molecule has 0 atom stereocenters. The SMILES string of the molecule is CCN(CCn1c(=O)[nH]c2ccccc2c1=O)Cc1cccc(F)c1. The lowest BCUT2D eigenvalue weighted by Crippen LogP contribution is -2.39. The summed E-state index contributed by atoms with van der Waals surface area (Å²) in [7, 11) is 0. The minimum absolute atomic E-state index is 0.268. The predicted octanol–water partition coefficient (Wildman–Crippen LogP) is 2.35. The zero-order valence-electron chi connectivity index (χ0n) is 14.0. The Labute approximate surface area is 144 Å². The number of para-hydroxylation sites is 1. The Morgan fingerprint density at radius 1 is 1.12 bits per heavy atom. The Morgan fingerprint density at radius 2 is 1.92 bits per heavy atom. The Morgan fingerprint density at radius 3 is 2.68 bits per heavy atom. The first-order valence-corrected chi connectivity index (χ1v) is 8.27. The number of aromatic amines is 1. The number of nitrogens with one attached hydrogen (secondary N) is 1. The Kier molecular flexibility index (Phi) is 5.09. The van der Waals surface area contributed by atoms with Gasteiger partial charge in [0.25, 0.3) is 5.56 Å². The van der Waals surface area contributed by atoms with E-state index in [0.717, 1.165) is 12.1 Å². The quantitative estimate of drug-likeness (QED) is 0.749. The summed E-state index contributed by atoms with van der Waals surface area (Å²) >= 11 is 0. The van der Waals surface area contributed by atoms with Crippen molar-refractivity contribution in [3.63, 3.8) is 0 Å². The number of likely N-dealkylation sites (N-methyl/N-ethyl adjacent to an activating group) is 1. The van der Waals surface area contributed by atoms with E-state index < -0.39 is 5.69 Å². The van der Waals surface area contributed by atoms with Crippen LogP contribution < -0.4 is 11.2 Å². The van der Waals surface area contributed by atoms with Crippen molar-refractivity contribution in [2.75, 3.05) is 13.1 Å². The lowest BCUT2D eigenvalue weighted by Gasteiger charge is -2.20. The summed E-state index contributed by atoms with van der Waals surface area (Å²) in [6.45, 7) is 4.09. The summed E-state index contributed by atoms with van der Waals surface area (Å²) in [5.41, 5.74) is 0.703. The van der Waals surface area contributed by atoms with Crippen LogP contribution in [0.4, 0.5) is 4.39 Å². The van der Waals surface area contributed by atoms with Gasteiger partial charge in [-0.05, 0) is 36.4 Å². The minimum atomic E-state index is -0.412. The number of rotatable bonds is 6. The zero-order valence-corrected chi connectivity index (χ0v) is 14.0. The van der Waals surface area contributed by atoms with Crippen LogP contribution in [-0.2, 0) is 13.1 Å². The van der Waals surface area contributed by atoms with Gasteiger partial charge in [0.2, 0.25) is 0 Å². The predicted molar refractivity (Wildman–Crippen MR) is 96.2 cm³/mol. The van der Waals surface area contributed by atoms with Crippen LogP contribution >= 0.6 is 0 Å². The second-order valence-corrected chi connectivity index (χ2v) is 5.93. The van der Waals surface area contributed by atoms with E-state index in [1.165, 1.54) is 16.7 Å². The van der Waals surface area contributed by atoms with Crippen LogP contribution in [0.5, 0.6) is 0 Å².